The van der Waals surface area contributed by atoms with E-state index in [0.717, 1.165) is 25.1 Å². The number of hydrogen-bond acceptors (Lipinski definition) is 2. The van der Waals surface area contributed by atoms with Crippen LogP contribution in [-0.2, 0) is 17.8 Å². The van der Waals surface area contributed by atoms with Gasteiger partial charge in [0.2, 0.25) is 0 Å². The highest BCUT2D eigenvalue weighted by Crippen LogP contribution is 2.20. The van der Waals surface area contributed by atoms with Gasteiger partial charge in [0.15, 0.2) is 5.78 Å². The lowest BCUT2D eigenvalue weighted by molar-refractivity contribution is -0.114. The summed E-state index contributed by atoms with van der Waals surface area (Å²) in [4.78, 5) is 11.1. The maximum atomic E-state index is 11.1. The van der Waals surface area contributed by atoms with Crippen molar-refractivity contribution >= 4 is 5.78 Å². The summed E-state index contributed by atoms with van der Waals surface area (Å²) in [5, 5.41) is 4.39. The largest absolute Gasteiger partial charge is 0.295 e. The summed E-state index contributed by atoms with van der Waals surface area (Å²) >= 11 is 0. The van der Waals surface area contributed by atoms with Crippen molar-refractivity contribution in [3.63, 3.8) is 0 Å². The van der Waals surface area contributed by atoms with Crippen molar-refractivity contribution in [2.24, 2.45) is 0 Å². The van der Waals surface area contributed by atoms with Gasteiger partial charge >= 0.3 is 0 Å². The number of aromatic nitrogens is 2. The van der Waals surface area contributed by atoms with Crippen LogP contribution in [0, 0.1) is 6.92 Å². The number of nitrogens with zero attached hydrogens (tertiary/aromatic N) is 2. The minimum atomic E-state index is 0.268. The molecule has 0 radical (unpaired) electrons. The Kier molecular flexibility index (Phi) is 2.71. The van der Waals surface area contributed by atoms with Gasteiger partial charge in [0, 0.05) is 25.1 Å². The Labute approximate surface area is 89.8 Å². The third kappa shape index (κ3) is 2.17. The van der Waals surface area contributed by atoms with Crippen LogP contribution < -0.4 is 0 Å². The molecule has 1 aromatic rings. The molecule has 1 heterocycles. The molecular weight excluding hydrogens is 188 g/mol. The smallest absolute Gasteiger partial charge is 0.155 e. The predicted octanol–water partition coefficient (Wildman–Crippen LogP) is 2.04. The highest BCUT2D eigenvalue weighted by Gasteiger charge is 2.14. The Balaban J connectivity index is 2.16. The lowest BCUT2D eigenvalue weighted by Gasteiger charge is -2.04. The number of carbonyl (C=O) groups is 1. The van der Waals surface area contributed by atoms with Crippen LogP contribution in [0.5, 0.6) is 0 Å². The fourth-order valence-electron chi connectivity index (χ4n) is 2.04. The summed E-state index contributed by atoms with van der Waals surface area (Å²) in [7, 11) is 0. The molecule has 0 saturated carbocycles. The minimum absolute atomic E-state index is 0.268. The molecule has 1 aromatic heterocycles. The van der Waals surface area contributed by atoms with Crippen LogP contribution in [0.2, 0.25) is 0 Å². The molecule has 1 aliphatic rings. The fraction of sp³-hybridized carbons (Fsp3) is 0.500. The van der Waals surface area contributed by atoms with Crippen LogP contribution >= 0.6 is 0 Å². The van der Waals surface area contributed by atoms with Crippen LogP contribution in [-0.4, -0.2) is 15.6 Å². The molecular formula is C12H16N2O. The molecule has 3 heteroatoms. The Hall–Kier alpha value is -1.38. The third-order valence-electron chi connectivity index (χ3n) is 2.75. The van der Waals surface area contributed by atoms with Crippen molar-refractivity contribution in [2.75, 3.05) is 0 Å². The standard InChI is InChI=1S/C12H16N2O/c1-3-14-11(6-9(2)13-14)7-10-4-5-12(15)8-10/h6,8H,3-5,7H2,1-2H3. The second-order valence-electron chi connectivity index (χ2n) is 4.04. The first-order chi connectivity index (χ1) is 7.19. The van der Waals surface area contributed by atoms with E-state index >= 15 is 0 Å². The van der Waals surface area contributed by atoms with E-state index in [9.17, 15) is 4.79 Å². The average molecular weight is 204 g/mol. The fourth-order valence-corrected chi connectivity index (χ4v) is 2.04. The Morgan fingerprint density at radius 3 is 2.87 bits per heavy atom. The van der Waals surface area contributed by atoms with Gasteiger partial charge in [-0.05, 0) is 32.4 Å². The van der Waals surface area contributed by atoms with Gasteiger partial charge in [-0.3, -0.25) is 9.48 Å². The van der Waals surface area contributed by atoms with Crippen molar-refractivity contribution < 1.29 is 4.79 Å². The third-order valence-corrected chi connectivity index (χ3v) is 2.75. The number of rotatable bonds is 3. The van der Waals surface area contributed by atoms with Gasteiger partial charge in [-0.2, -0.15) is 5.10 Å². The van der Waals surface area contributed by atoms with Crippen LogP contribution in [0.4, 0.5) is 0 Å². The summed E-state index contributed by atoms with van der Waals surface area (Å²) in [6.45, 7) is 4.98. The van der Waals surface area contributed by atoms with Crippen LogP contribution in [0.25, 0.3) is 0 Å². The molecule has 0 aliphatic heterocycles. The predicted molar refractivity (Wildman–Crippen MR) is 58.7 cm³/mol. The van der Waals surface area contributed by atoms with E-state index in [-0.39, 0.29) is 5.78 Å². The lowest BCUT2D eigenvalue weighted by atomic mass is 10.1. The van der Waals surface area contributed by atoms with Gasteiger partial charge in [0.1, 0.15) is 0 Å². The SMILES string of the molecule is CCn1nc(C)cc1CC1=CC(=O)CC1. The lowest BCUT2D eigenvalue weighted by Crippen LogP contribution is -2.03. The van der Waals surface area contributed by atoms with Gasteiger partial charge < -0.3 is 0 Å². The molecule has 3 nitrogen and oxygen atoms in total. The first kappa shape index (κ1) is 10.1. The molecule has 80 valence electrons. The molecule has 0 N–H and O–H groups in total. The summed E-state index contributed by atoms with van der Waals surface area (Å²) < 4.78 is 2.01. The first-order valence-electron chi connectivity index (χ1n) is 5.44. The van der Waals surface area contributed by atoms with Gasteiger partial charge in [0.05, 0.1) is 5.69 Å². The number of ketones is 1. The molecule has 1 aliphatic carbocycles. The van der Waals surface area contributed by atoms with Crippen molar-refractivity contribution in [1.82, 2.24) is 9.78 Å². The number of allylic oxidation sites excluding steroid dienone is 2. The van der Waals surface area contributed by atoms with E-state index in [1.165, 1.54) is 11.3 Å². The Morgan fingerprint density at radius 2 is 2.27 bits per heavy atom. The number of aryl methyl sites for hydroxylation is 2. The van der Waals surface area contributed by atoms with Crippen molar-refractivity contribution in [2.45, 2.75) is 39.7 Å². The summed E-state index contributed by atoms with van der Waals surface area (Å²) in [5.74, 6) is 0.268. The second-order valence-corrected chi connectivity index (χ2v) is 4.04. The average Bonchev–Trinajstić information content (AvgIpc) is 2.73. The highest BCUT2D eigenvalue weighted by molar-refractivity contribution is 5.93. The van der Waals surface area contributed by atoms with E-state index in [2.05, 4.69) is 18.1 Å². The molecule has 0 spiro atoms. The topological polar surface area (TPSA) is 34.9 Å². The molecule has 0 bridgehead atoms. The molecule has 15 heavy (non-hydrogen) atoms. The maximum Gasteiger partial charge on any atom is 0.155 e. The van der Waals surface area contributed by atoms with E-state index in [4.69, 9.17) is 0 Å². The van der Waals surface area contributed by atoms with E-state index < -0.39 is 0 Å². The van der Waals surface area contributed by atoms with Gasteiger partial charge in [-0.25, -0.2) is 0 Å². The molecule has 0 fully saturated rings. The van der Waals surface area contributed by atoms with Gasteiger partial charge in [0.25, 0.3) is 0 Å². The zero-order valence-electron chi connectivity index (χ0n) is 9.29. The van der Waals surface area contributed by atoms with Crippen LogP contribution in [0.1, 0.15) is 31.2 Å². The molecule has 0 unspecified atom stereocenters. The zero-order valence-corrected chi connectivity index (χ0v) is 9.29. The summed E-state index contributed by atoms with van der Waals surface area (Å²) in [6.07, 6.45) is 4.28. The molecule has 0 saturated heterocycles. The minimum Gasteiger partial charge on any atom is -0.295 e. The quantitative estimate of drug-likeness (QED) is 0.755. The highest BCUT2D eigenvalue weighted by atomic mass is 16.1. The normalized spacial score (nSPS) is 15.9. The van der Waals surface area contributed by atoms with Gasteiger partial charge in [-0.15, -0.1) is 0 Å². The van der Waals surface area contributed by atoms with E-state index in [1.54, 1.807) is 6.08 Å². The molecule has 0 amide bonds. The second kappa shape index (κ2) is 4.01. The van der Waals surface area contributed by atoms with Crippen LogP contribution in [0.15, 0.2) is 17.7 Å². The molecule has 0 atom stereocenters. The van der Waals surface area contributed by atoms with Gasteiger partial charge in [-0.1, -0.05) is 5.57 Å². The van der Waals surface area contributed by atoms with Crippen molar-refractivity contribution in [1.29, 1.82) is 0 Å². The monoisotopic (exact) mass is 204 g/mol. The first-order valence-corrected chi connectivity index (χ1v) is 5.44. The summed E-state index contributed by atoms with van der Waals surface area (Å²) in [5.41, 5.74) is 3.52. The zero-order chi connectivity index (χ0) is 10.8. The van der Waals surface area contributed by atoms with Crippen molar-refractivity contribution in [3.8, 4) is 0 Å². The summed E-state index contributed by atoms with van der Waals surface area (Å²) in [6, 6.07) is 2.10. The van der Waals surface area contributed by atoms with E-state index in [0.29, 0.717) is 6.42 Å². The van der Waals surface area contributed by atoms with Crippen LogP contribution in [0.3, 0.4) is 0 Å². The number of hydrogen-bond donors (Lipinski definition) is 0. The maximum absolute atomic E-state index is 11.1. The number of carbonyl (C=O) groups excluding carboxylic acids is 1. The Morgan fingerprint density at radius 1 is 1.47 bits per heavy atom. The Bertz CT molecular complexity index is 415. The van der Waals surface area contributed by atoms with E-state index in [1.807, 2.05) is 11.6 Å². The molecule has 0 aromatic carbocycles. The molecule has 2 rings (SSSR count). The van der Waals surface area contributed by atoms with Crippen molar-refractivity contribution in [3.05, 3.63) is 29.1 Å².